The quantitative estimate of drug-likeness (QED) is 0.781. The molecule has 3 aromatic rings. The fraction of sp³-hybridized carbons (Fsp3) is 0.438. The van der Waals surface area contributed by atoms with Gasteiger partial charge in [0.15, 0.2) is 0 Å². The van der Waals surface area contributed by atoms with Gasteiger partial charge in [0.05, 0.1) is 17.6 Å². The van der Waals surface area contributed by atoms with Gasteiger partial charge in [0.2, 0.25) is 5.95 Å². The van der Waals surface area contributed by atoms with Gasteiger partial charge in [-0.1, -0.05) is 0 Å². The van der Waals surface area contributed by atoms with Crippen LogP contribution in [0, 0.1) is 0 Å². The molecule has 2 heterocycles. The van der Waals surface area contributed by atoms with Gasteiger partial charge in [0.1, 0.15) is 11.3 Å². The molecule has 0 aliphatic heterocycles. The number of nitrogen functional groups attached to an aromatic ring is 1. The van der Waals surface area contributed by atoms with Gasteiger partial charge in [-0.05, 0) is 46.4 Å². The van der Waals surface area contributed by atoms with E-state index in [9.17, 15) is 0 Å². The van der Waals surface area contributed by atoms with Crippen LogP contribution >= 0.6 is 0 Å². The van der Waals surface area contributed by atoms with E-state index in [-0.39, 0.29) is 0 Å². The third kappa shape index (κ3) is 2.67. The van der Waals surface area contributed by atoms with Crippen LogP contribution in [0.25, 0.3) is 22.0 Å². The van der Waals surface area contributed by atoms with E-state index < -0.39 is 0 Å². The number of nitrogens with zero attached hydrogens (tertiary/aromatic N) is 4. The lowest BCUT2D eigenvalue weighted by molar-refractivity contribution is 0.358. The highest BCUT2D eigenvalue weighted by atomic mass is 16.3. The number of furan rings is 1. The minimum Gasteiger partial charge on any atom is -0.460 e. The van der Waals surface area contributed by atoms with Crippen LogP contribution in [-0.2, 0) is 13.1 Å². The topological polar surface area (TPSA) is 63.5 Å². The first-order chi connectivity index (χ1) is 10.5. The minimum atomic E-state index is 0.555. The lowest BCUT2D eigenvalue weighted by Crippen LogP contribution is -2.19. The Morgan fingerprint density at radius 1 is 1.18 bits per heavy atom. The molecule has 1 aromatic carbocycles. The molecule has 118 valence electrons. The molecule has 0 radical (unpaired) electrons. The van der Waals surface area contributed by atoms with Crippen LogP contribution in [0.5, 0.6) is 0 Å². The second-order valence-corrected chi connectivity index (χ2v) is 6.22. The van der Waals surface area contributed by atoms with Crippen molar-refractivity contribution in [3.05, 3.63) is 24.0 Å². The highest BCUT2D eigenvalue weighted by Crippen LogP contribution is 2.30. The molecule has 3 rings (SSSR count). The second kappa shape index (κ2) is 5.62. The summed E-state index contributed by atoms with van der Waals surface area (Å²) >= 11 is 0. The first-order valence-electron chi connectivity index (χ1n) is 7.42. The molecule has 0 spiro atoms. The standard InChI is InChI=1S/C16H23N5O/c1-19(2)7-8-21-15-12-9-11(10-20(3)4)22-14(12)6-5-13(15)18-16(21)17/h5-6,9H,7-8,10H2,1-4H3,(H2,17,18). The van der Waals surface area contributed by atoms with E-state index in [1.807, 2.05) is 26.2 Å². The average molecular weight is 301 g/mol. The predicted octanol–water partition coefficient (Wildman–Crippen LogP) is 1.99. The van der Waals surface area contributed by atoms with Crippen LogP contribution in [0.4, 0.5) is 5.95 Å². The molecule has 0 atom stereocenters. The van der Waals surface area contributed by atoms with E-state index in [0.29, 0.717) is 5.95 Å². The molecular weight excluding hydrogens is 278 g/mol. The van der Waals surface area contributed by atoms with Crippen LogP contribution in [0.2, 0.25) is 0 Å². The van der Waals surface area contributed by atoms with Crippen molar-refractivity contribution in [2.45, 2.75) is 13.1 Å². The molecule has 6 heteroatoms. The number of nitrogens with two attached hydrogens (primary N) is 1. The summed E-state index contributed by atoms with van der Waals surface area (Å²) in [5.41, 5.74) is 8.98. The number of imidazole rings is 1. The Balaban J connectivity index is 2.13. The van der Waals surface area contributed by atoms with E-state index in [1.54, 1.807) is 0 Å². The van der Waals surface area contributed by atoms with E-state index in [2.05, 4.69) is 39.5 Å². The third-order valence-corrected chi connectivity index (χ3v) is 3.73. The van der Waals surface area contributed by atoms with Gasteiger partial charge in [0.25, 0.3) is 0 Å². The molecule has 0 amide bonds. The summed E-state index contributed by atoms with van der Waals surface area (Å²) in [5, 5.41) is 1.08. The number of anilines is 1. The molecular formula is C16H23N5O. The van der Waals surface area contributed by atoms with Gasteiger partial charge in [-0.2, -0.15) is 0 Å². The minimum absolute atomic E-state index is 0.555. The summed E-state index contributed by atoms with van der Waals surface area (Å²) < 4.78 is 8.02. The molecule has 0 saturated heterocycles. The van der Waals surface area contributed by atoms with Crippen molar-refractivity contribution < 1.29 is 4.42 Å². The van der Waals surface area contributed by atoms with Crippen molar-refractivity contribution >= 4 is 28.0 Å². The van der Waals surface area contributed by atoms with Gasteiger partial charge >= 0.3 is 0 Å². The summed E-state index contributed by atoms with van der Waals surface area (Å²) in [7, 11) is 8.17. The van der Waals surface area contributed by atoms with Crippen molar-refractivity contribution in [1.82, 2.24) is 19.4 Å². The molecule has 0 unspecified atom stereocenters. The lowest BCUT2D eigenvalue weighted by Gasteiger charge is -2.11. The van der Waals surface area contributed by atoms with Crippen molar-refractivity contribution in [2.75, 3.05) is 40.5 Å². The van der Waals surface area contributed by atoms with Gasteiger partial charge in [-0.25, -0.2) is 4.98 Å². The van der Waals surface area contributed by atoms with E-state index in [0.717, 1.165) is 47.4 Å². The summed E-state index contributed by atoms with van der Waals surface area (Å²) in [6.45, 7) is 2.49. The molecule has 0 aliphatic carbocycles. The van der Waals surface area contributed by atoms with E-state index in [1.165, 1.54) is 0 Å². The first-order valence-corrected chi connectivity index (χ1v) is 7.42. The molecule has 2 N–H and O–H groups in total. The summed E-state index contributed by atoms with van der Waals surface area (Å²) in [6.07, 6.45) is 0. The van der Waals surface area contributed by atoms with Crippen molar-refractivity contribution in [2.24, 2.45) is 0 Å². The summed E-state index contributed by atoms with van der Waals surface area (Å²) in [5.74, 6) is 1.51. The van der Waals surface area contributed by atoms with E-state index in [4.69, 9.17) is 10.2 Å². The van der Waals surface area contributed by atoms with Gasteiger partial charge < -0.3 is 24.5 Å². The Labute approximate surface area is 130 Å². The summed E-state index contributed by atoms with van der Waals surface area (Å²) in [4.78, 5) is 8.71. The molecule has 2 aromatic heterocycles. The Morgan fingerprint density at radius 3 is 2.64 bits per heavy atom. The number of rotatable bonds is 5. The van der Waals surface area contributed by atoms with E-state index >= 15 is 0 Å². The van der Waals surface area contributed by atoms with Gasteiger partial charge in [0, 0.05) is 18.5 Å². The summed E-state index contributed by atoms with van der Waals surface area (Å²) in [6, 6.07) is 6.05. The number of aromatic nitrogens is 2. The smallest absolute Gasteiger partial charge is 0.201 e. The number of hydrogen-bond donors (Lipinski definition) is 1. The number of likely N-dealkylation sites (N-methyl/N-ethyl adjacent to an activating group) is 1. The first kappa shape index (κ1) is 14.9. The van der Waals surface area contributed by atoms with Crippen molar-refractivity contribution in [3.63, 3.8) is 0 Å². The monoisotopic (exact) mass is 301 g/mol. The zero-order chi connectivity index (χ0) is 15.9. The zero-order valence-corrected chi connectivity index (χ0v) is 13.6. The third-order valence-electron chi connectivity index (χ3n) is 3.73. The average Bonchev–Trinajstić information content (AvgIpc) is 2.95. The van der Waals surface area contributed by atoms with Gasteiger partial charge in [-0.3, -0.25) is 0 Å². The largest absolute Gasteiger partial charge is 0.460 e. The maximum Gasteiger partial charge on any atom is 0.201 e. The van der Waals surface area contributed by atoms with Crippen molar-refractivity contribution in [3.8, 4) is 0 Å². The second-order valence-electron chi connectivity index (χ2n) is 6.22. The molecule has 22 heavy (non-hydrogen) atoms. The fourth-order valence-corrected chi connectivity index (χ4v) is 2.73. The Bertz CT molecular complexity index is 800. The normalized spacial score (nSPS) is 12.3. The zero-order valence-electron chi connectivity index (χ0n) is 13.6. The maximum atomic E-state index is 6.11. The predicted molar refractivity (Wildman–Crippen MR) is 89.9 cm³/mol. The SMILES string of the molecule is CN(C)CCn1c(N)nc2ccc3oc(CN(C)C)cc3c21. The number of fused-ring (bicyclic) bond motifs is 3. The van der Waals surface area contributed by atoms with Crippen LogP contribution in [-0.4, -0.2) is 54.1 Å². The van der Waals surface area contributed by atoms with Crippen LogP contribution in [0.1, 0.15) is 5.76 Å². The van der Waals surface area contributed by atoms with Crippen LogP contribution in [0.3, 0.4) is 0 Å². The Hall–Kier alpha value is -2.05. The van der Waals surface area contributed by atoms with Gasteiger partial charge in [-0.15, -0.1) is 0 Å². The lowest BCUT2D eigenvalue weighted by atomic mass is 10.2. The molecule has 0 fully saturated rings. The number of benzene rings is 1. The van der Waals surface area contributed by atoms with Crippen LogP contribution < -0.4 is 5.73 Å². The Morgan fingerprint density at radius 2 is 1.95 bits per heavy atom. The maximum absolute atomic E-state index is 6.11. The highest BCUT2D eigenvalue weighted by molar-refractivity contribution is 6.03. The molecule has 0 bridgehead atoms. The highest BCUT2D eigenvalue weighted by Gasteiger charge is 2.15. The van der Waals surface area contributed by atoms with Crippen LogP contribution in [0.15, 0.2) is 22.6 Å². The molecule has 0 saturated carbocycles. The Kier molecular flexibility index (Phi) is 3.80. The number of hydrogen-bond acceptors (Lipinski definition) is 5. The molecule has 6 nitrogen and oxygen atoms in total. The molecule has 0 aliphatic rings. The van der Waals surface area contributed by atoms with Crippen molar-refractivity contribution in [1.29, 1.82) is 0 Å². The fourth-order valence-electron chi connectivity index (χ4n) is 2.73.